The molecule has 5 heteroatoms. The van der Waals surface area contributed by atoms with Crippen molar-refractivity contribution in [3.8, 4) is 0 Å². The van der Waals surface area contributed by atoms with Gasteiger partial charge in [0.25, 0.3) is 0 Å². The summed E-state index contributed by atoms with van der Waals surface area (Å²) in [6.07, 6.45) is 5.05. The van der Waals surface area contributed by atoms with Gasteiger partial charge in [-0.1, -0.05) is 19.3 Å². The van der Waals surface area contributed by atoms with Crippen molar-refractivity contribution < 1.29 is 14.4 Å². The molecular formula is C13H20N2O3. The lowest BCUT2D eigenvalue weighted by molar-refractivity contribution is -0.147. The van der Waals surface area contributed by atoms with E-state index < -0.39 is 5.41 Å². The van der Waals surface area contributed by atoms with Gasteiger partial charge in [-0.15, -0.1) is 0 Å². The Bertz CT molecular complexity index is 384. The van der Waals surface area contributed by atoms with E-state index in [9.17, 15) is 14.4 Å². The van der Waals surface area contributed by atoms with E-state index >= 15 is 0 Å². The molecule has 2 fully saturated rings. The van der Waals surface area contributed by atoms with Crippen LogP contribution >= 0.6 is 0 Å². The molecule has 5 nitrogen and oxygen atoms in total. The minimum Gasteiger partial charge on any atom is -0.347 e. The molecule has 0 N–H and O–H groups in total. The van der Waals surface area contributed by atoms with Crippen LogP contribution in [0.1, 0.15) is 38.5 Å². The Labute approximate surface area is 107 Å². The molecule has 100 valence electrons. The van der Waals surface area contributed by atoms with Crippen LogP contribution in [-0.4, -0.2) is 48.2 Å². The predicted octanol–water partition coefficient (Wildman–Crippen LogP) is 0.784. The van der Waals surface area contributed by atoms with Gasteiger partial charge in [-0.25, -0.2) is 0 Å². The Morgan fingerprint density at radius 3 is 2.39 bits per heavy atom. The average molecular weight is 252 g/mol. The van der Waals surface area contributed by atoms with Crippen LogP contribution in [0.2, 0.25) is 0 Å². The number of amides is 3. The molecule has 0 aromatic carbocycles. The lowest BCUT2D eigenvalue weighted by Gasteiger charge is -2.30. The van der Waals surface area contributed by atoms with Gasteiger partial charge < -0.3 is 4.90 Å². The first-order valence-electron chi connectivity index (χ1n) is 6.51. The van der Waals surface area contributed by atoms with Gasteiger partial charge in [-0.2, -0.15) is 0 Å². The minimum absolute atomic E-state index is 0.105. The molecule has 0 aromatic heterocycles. The molecule has 0 radical (unpaired) electrons. The molecule has 1 spiro atoms. The van der Waals surface area contributed by atoms with Crippen LogP contribution in [0.5, 0.6) is 0 Å². The second kappa shape index (κ2) is 4.71. The topological polar surface area (TPSA) is 57.7 Å². The smallest absolute Gasteiger partial charge is 0.242 e. The number of rotatable bonds is 2. The third-order valence-corrected chi connectivity index (χ3v) is 4.09. The number of carbonyl (C=O) groups is 3. The van der Waals surface area contributed by atoms with Crippen molar-refractivity contribution in [3.63, 3.8) is 0 Å². The highest BCUT2D eigenvalue weighted by Crippen LogP contribution is 2.45. The number of imide groups is 1. The molecule has 0 bridgehead atoms. The van der Waals surface area contributed by atoms with Crippen LogP contribution in [0.3, 0.4) is 0 Å². The zero-order chi connectivity index (χ0) is 13.3. The summed E-state index contributed by atoms with van der Waals surface area (Å²) in [5.74, 6) is -0.510. The van der Waals surface area contributed by atoms with E-state index in [0.29, 0.717) is 6.42 Å². The Morgan fingerprint density at radius 1 is 1.22 bits per heavy atom. The monoisotopic (exact) mass is 252 g/mol. The largest absolute Gasteiger partial charge is 0.347 e. The molecule has 3 amide bonds. The minimum atomic E-state index is -0.484. The Hall–Kier alpha value is -1.39. The zero-order valence-electron chi connectivity index (χ0n) is 11.1. The summed E-state index contributed by atoms with van der Waals surface area (Å²) in [6.45, 7) is -0.105. The van der Waals surface area contributed by atoms with Crippen molar-refractivity contribution in [1.82, 2.24) is 9.80 Å². The van der Waals surface area contributed by atoms with Gasteiger partial charge in [-0.3, -0.25) is 19.3 Å². The highest BCUT2D eigenvalue weighted by atomic mass is 16.2. The summed E-state index contributed by atoms with van der Waals surface area (Å²) in [6, 6.07) is 0. The van der Waals surface area contributed by atoms with E-state index in [4.69, 9.17) is 0 Å². The van der Waals surface area contributed by atoms with Crippen molar-refractivity contribution >= 4 is 17.7 Å². The molecule has 2 aliphatic rings. The maximum Gasteiger partial charge on any atom is 0.242 e. The molecule has 18 heavy (non-hydrogen) atoms. The van der Waals surface area contributed by atoms with Gasteiger partial charge in [0.15, 0.2) is 0 Å². The Balaban J connectivity index is 2.11. The summed E-state index contributed by atoms with van der Waals surface area (Å²) in [7, 11) is 3.26. The molecule has 0 aromatic rings. The number of nitrogens with zero attached hydrogens (tertiary/aromatic N) is 2. The van der Waals surface area contributed by atoms with E-state index in [0.717, 1.165) is 37.0 Å². The van der Waals surface area contributed by atoms with Crippen LogP contribution in [0.4, 0.5) is 0 Å². The van der Waals surface area contributed by atoms with Crippen LogP contribution < -0.4 is 0 Å². The molecule has 0 unspecified atom stereocenters. The second-order valence-electron chi connectivity index (χ2n) is 5.59. The number of likely N-dealkylation sites (tertiary alicyclic amines) is 1. The summed E-state index contributed by atoms with van der Waals surface area (Å²) in [5, 5.41) is 0. The highest BCUT2D eigenvalue weighted by molar-refractivity contribution is 6.08. The van der Waals surface area contributed by atoms with Crippen LogP contribution in [0, 0.1) is 5.41 Å². The number of hydrogen-bond acceptors (Lipinski definition) is 3. The molecule has 1 saturated carbocycles. The Kier molecular flexibility index (Phi) is 3.41. The third-order valence-electron chi connectivity index (χ3n) is 4.09. The first-order valence-corrected chi connectivity index (χ1v) is 6.51. The SMILES string of the molecule is CN(C)C(=O)CN1C(=O)CC2(CCCCC2)C1=O. The summed E-state index contributed by atoms with van der Waals surface area (Å²) < 4.78 is 0. The second-order valence-corrected chi connectivity index (χ2v) is 5.59. The Morgan fingerprint density at radius 2 is 1.83 bits per heavy atom. The van der Waals surface area contributed by atoms with Crippen LogP contribution in [0.25, 0.3) is 0 Å². The van der Waals surface area contributed by atoms with Crippen molar-refractivity contribution in [2.75, 3.05) is 20.6 Å². The van der Waals surface area contributed by atoms with Gasteiger partial charge in [0.2, 0.25) is 17.7 Å². The molecule has 1 aliphatic carbocycles. The first-order chi connectivity index (χ1) is 8.46. The summed E-state index contributed by atoms with van der Waals surface area (Å²) in [5.41, 5.74) is -0.484. The summed E-state index contributed by atoms with van der Waals surface area (Å²) >= 11 is 0. The lowest BCUT2D eigenvalue weighted by Crippen LogP contribution is -2.42. The number of hydrogen-bond donors (Lipinski definition) is 0. The molecule has 1 aliphatic heterocycles. The standard InChI is InChI=1S/C13H20N2O3/c1-14(2)11(17)9-15-10(16)8-13(12(15)18)6-4-3-5-7-13/h3-9H2,1-2H3. The normalized spacial score (nSPS) is 22.7. The molecule has 2 rings (SSSR count). The van der Waals surface area contributed by atoms with Gasteiger partial charge in [0.1, 0.15) is 6.54 Å². The van der Waals surface area contributed by atoms with Crippen molar-refractivity contribution in [2.45, 2.75) is 38.5 Å². The number of likely N-dealkylation sites (N-methyl/N-ethyl adjacent to an activating group) is 1. The summed E-state index contributed by atoms with van der Waals surface area (Å²) in [4.78, 5) is 38.5. The van der Waals surface area contributed by atoms with E-state index in [1.54, 1.807) is 14.1 Å². The van der Waals surface area contributed by atoms with Gasteiger partial charge in [0, 0.05) is 20.5 Å². The van der Waals surface area contributed by atoms with E-state index in [2.05, 4.69) is 0 Å². The third kappa shape index (κ3) is 2.13. The van der Waals surface area contributed by atoms with Crippen LogP contribution in [-0.2, 0) is 14.4 Å². The average Bonchev–Trinajstić information content (AvgIpc) is 2.55. The van der Waals surface area contributed by atoms with Crippen LogP contribution in [0.15, 0.2) is 0 Å². The van der Waals surface area contributed by atoms with Gasteiger partial charge >= 0.3 is 0 Å². The maximum atomic E-state index is 12.4. The molecule has 1 saturated heterocycles. The van der Waals surface area contributed by atoms with Crippen molar-refractivity contribution in [2.24, 2.45) is 5.41 Å². The number of carbonyl (C=O) groups excluding carboxylic acids is 3. The first kappa shape index (κ1) is 13.1. The quantitative estimate of drug-likeness (QED) is 0.682. The predicted molar refractivity (Wildman–Crippen MR) is 65.5 cm³/mol. The van der Waals surface area contributed by atoms with Gasteiger partial charge in [-0.05, 0) is 12.8 Å². The van der Waals surface area contributed by atoms with E-state index in [1.807, 2.05) is 0 Å². The van der Waals surface area contributed by atoms with Crippen molar-refractivity contribution in [3.05, 3.63) is 0 Å². The fourth-order valence-corrected chi connectivity index (χ4v) is 2.92. The highest BCUT2D eigenvalue weighted by Gasteiger charge is 2.51. The lowest BCUT2D eigenvalue weighted by atomic mass is 9.73. The maximum absolute atomic E-state index is 12.4. The fraction of sp³-hybridized carbons (Fsp3) is 0.769. The molecular weight excluding hydrogens is 232 g/mol. The van der Waals surface area contributed by atoms with E-state index in [-0.39, 0.29) is 24.3 Å². The van der Waals surface area contributed by atoms with Gasteiger partial charge in [0.05, 0.1) is 5.41 Å². The zero-order valence-corrected chi connectivity index (χ0v) is 11.1. The van der Waals surface area contributed by atoms with Crippen molar-refractivity contribution in [1.29, 1.82) is 0 Å². The fourth-order valence-electron chi connectivity index (χ4n) is 2.92. The molecule has 1 heterocycles. The molecule has 0 atom stereocenters. The van der Waals surface area contributed by atoms with E-state index in [1.165, 1.54) is 4.90 Å².